The minimum atomic E-state index is 0.0393. The van der Waals surface area contributed by atoms with E-state index >= 15 is 0 Å². The third kappa shape index (κ3) is 1.90. The lowest BCUT2D eigenvalue weighted by molar-refractivity contribution is 0.436. The minimum absolute atomic E-state index is 0.0393. The Labute approximate surface area is 111 Å². The van der Waals surface area contributed by atoms with Crippen molar-refractivity contribution in [3.63, 3.8) is 0 Å². The van der Waals surface area contributed by atoms with E-state index in [0.29, 0.717) is 11.8 Å². The van der Waals surface area contributed by atoms with Crippen molar-refractivity contribution in [2.75, 3.05) is 0 Å². The number of hydrogen-bond donors (Lipinski definition) is 1. The fourth-order valence-corrected chi connectivity index (χ4v) is 3.32. The number of H-pyrrole nitrogens is 1. The van der Waals surface area contributed by atoms with E-state index in [1.807, 2.05) is 6.20 Å². The van der Waals surface area contributed by atoms with Crippen LogP contribution in [0.15, 0.2) is 17.1 Å². The van der Waals surface area contributed by atoms with Gasteiger partial charge in [0.05, 0.1) is 5.69 Å². The van der Waals surface area contributed by atoms with E-state index in [4.69, 9.17) is 4.98 Å². The van der Waals surface area contributed by atoms with Crippen molar-refractivity contribution in [3.05, 3.63) is 33.9 Å². The molecule has 0 atom stereocenters. The van der Waals surface area contributed by atoms with Gasteiger partial charge in [0.1, 0.15) is 0 Å². The molecule has 0 aliphatic heterocycles. The summed E-state index contributed by atoms with van der Waals surface area (Å²) in [5, 5.41) is 3.05. The number of nitrogens with one attached hydrogen (secondary N) is 1. The summed E-state index contributed by atoms with van der Waals surface area (Å²) < 4.78 is 1.60. The van der Waals surface area contributed by atoms with Crippen LogP contribution in [0.3, 0.4) is 0 Å². The molecule has 0 amide bonds. The van der Waals surface area contributed by atoms with Crippen molar-refractivity contribution in [1.29, 1.82) is 0 Å². The molecule has 0 saturated heterocycles. The average Bonchev–Trinajstić information content (AvgIpc) is 3.19. The Hall–Kier alpha value is -1.58. The first-order valence-corrected chi connectivity index (χ1v) is 7.44. The molecule has 2 saturated carbocycles. The monoisotopic (exact) mass is 257 g/mol. The molecule has 1 N–H and O–H groups in total. The lowest BCUT2D eigenvalue weighted by atomic mass is 9.87. The normalized spacial score (nSPS) is 21.1. The summed E-state index contributed by atoms with van der Waals surface area (Å²) in [5.74, 6) is 1.11. The second-order valence-electron chi connectivity index (χ2n) is 6.02. The molecule has 2 fully saturated rings. The van der Waals surface area contributed by atoms with Crippen LogP contribution in [0.5, 0.6) is 0 Å². The highest BCUT2D eigenvalue weighted by molar-refractivity contribution is 5.50. The van der Waals surface area contributed by atoms with Crippen LogP contribution in [0.2, 0.25) is 0 Å². The van der Waals surface area contributed by atoms with Gasteiger partial charge in [-0.25, -0.2) is 9.50 Å². The quantitative estimate of drug-likeness (QED) is 0.899. The second-order valence-corrected chi connectivity index (χ2v) is 6.02. The van der Waals surface area contributed by atoms with Crippen LogP contribution in [0.25, 0.3) is 5.65 Å². The summed E-state index contributed by atoms with van der Waals surface area (Å²) in [6.07, 6.45) is 10.7. The first-order chi connectivity index (χ1) is 9.33. The van der Waals surface area contributed by atoms with Gasteiger partial charge >= 0.3 is 0 Å². The summed E-state index contributed by atoms with van der Waals surface area (Å²) in [5.41, 5.74) is 3.16. The van der Waals surface area contributed by atoms with E-state index in [2.05, 4.69) is 5.10 Å². The van der Waals surface area contributed by atoms with Crippen molar-refractivity contribution in [3.8, 4) is 0 Å². The maximum absolute atomic E-state index is 12.2. The first kappa shape index (κ1) is 11.3. The lowest BCUT2D eigenvalue weighted by Gasteiger charge is -2.20. The highest BCUT2D eigenvalue weighted by atomic mass is 16.1. The highest BCUT2D eigenvalue weighted by Crippen LogP contribution is 2.41. The van der Waals surface area contributed by atoms with Crippen molar-refractivity contribution in [2.45, 2.75) is 56.8 Å². The fourth-order valence-electron chi connectivity index (χ4n) is 3.32. The number of hydrogen-bond acceptors (Lipinski definition) is 2. The van der Waals surface area contributed by atoms with Crippen LogP contribution in [0, 0.1) is 0 Å². The minimum Gasteiger partial charge on any atom is -0.297 e. The molecule has 2 aliphatic carbocycles. The topological polar surface area (TPSA) is 50.2 Å². The third-order valence-corrected chi connectivity index (χ3v) is 4.59. The van der Waals surface area contributed by atoms with Gasteiger partial charge < -0.3 is 0 Å². The molecule has 0 aromatic carbocycles. The van der Waals surface area contributed by atoms with E-state index in [1.54, 1.807) is 10.6 Å². The van der Waals surface area contributed by atoms with Gasteiger partial charge in [0.25, 0.3) is 5.56 Å². The van der Waals surface area contributed by atoms with Gasteiger partial charge in [-0.3, -0.25) is 9.89 Å². The molecule has 100 valence electrons. The molecule has 4 nitrogen and oxygen atoms in total. The summed E-state index contributed by atoms with van der Waals surface area (Å²) in [7, 11) is 0. The zero-order valence-corrected chi connectivity index (χ0v) is 11.1. The molecule has 2 aliphatic rings. The van der Waals surface area contributed by atoms with Gasteiger partial charge in [-0.2, -0.15) is 0 Å². The van der Waals surface area contributed by atoms with Crippen LogP contribution in [0.4, 0.5) is 0 Å². The SMILES string of the molecule is O=c1cc(C2CCCCC2)nc2c(C3CC3)c[nH]n12. The maximum atomic E-state index is 12.2. The summed E-state index contributed by atoms with van der Waals surface area (Å²) in [4.78, 5) is 17.0. The predicted octanol–water partition coefficient (Wildman–Crippen LogP) is 2.95. The lowest BCUT2D eigenvalue weighted by Crippen LogP contribution is -2.18. The van der Waals surface area contributed by atoms with Crippen LogP contribution in [0.1, 0.15) is 68.0 Å². The Balaban J connectivity index is 1.82. The molecule has 4 rings (SSSR count). The van der Waals surface area contributed by atoms with Gasteiger partial charge in [-0.15, -0.1) is 0 Å². The van der Waals surface area contributed by atoms with Crippen molar-refractivity contribution < 1.29 is 0 Å². The number of aromatic amines is 1. The third-order valence-electron chi connectivity index (χ3n) is 4.59. The zero-order chi connectivity index (χ0) is 12.8. The average molecular weight is 257 g/mol. The van der Waals surface area contributed by atoms with Crippen LogP contribution in [-0.4, -0.2) is 14.6 Å². The zero-order valence-electron chi connectivity index (χ0n) is 11.1. The predicted molar refractivity (Wildman–Crippen MR) is 73.6 cm³/mol. The van der Waals surface area contributed by atoms with Crippen molar-refractivity contribution >= 4 is 5.65 Å². The second kappa shape index (κ2) is 4.22. The van der Waals surface area contributed by atoms with Crippen LogP contribution < -0.4 is 5.56 Å². The van der Waals surface area contributed by atoms with Gasteiger partial charge in [0.2, 0.25) is 0 Å². The Morgan fingerprint density at radius 1 is 1.11 bits per heavy atom. The Kier molecular flexibility index (Phi) is 2.50. The van der Waals surface area contributed by atoms with Gasteiger partial charge in [-0.05, 0) is 31.6 Å². The molecule has 0 radical (unpaired) electrons. The number of rotatable bonds is 2. The molecule has 0 bridgehead atoms. The van der Waals surface area contributed by atoms with Crippen molar-refractivity contribution in [2.24, 2.45) is 0 Å². The molecule has 2 aromatic rings. The van der Waals surface area contributed by atoms with E-state index < -0.39 is 0 Å². The molecular formula is C15H19N3O. The largest absolute Gasteiger partial charge is 0.297 e. The molecule has 0 unspecified atom stereocenters. The highest BCUT2D eigenvalue weighted by Gasteiger charge is 2.28. The van der Waals surface area contributed by atoms with E-state index in [1.165, 1.54) is 50.5 Å². The molecular weight excluding hydrogens is 238 g/mol. The standard InChI is InChI=1S/C15H19N3O/c19-14-8-13(11-4-2-1-3-5-11)17-15-12(10-6-7-10)9-16-18(14)15/h8-11,16H,1-7H2. The molecule has 2 heterocycles. The van der Waals surface area contributed by atoms with Gasteiger partial charge in [0, 0.05) is 23.7 Å². The summed E-state index contributed by atoms with van der Waals surface area (Å²) in [6, 6.07) is 1.73. The van der Waals surface area contributed by atoms with Crippen molar-refractivity contribution in [1.82, 2.24) is 14.6 Å². The summed E-state index contributed by atoms with van der Waals surface area (Å²) >= 11 is 0. The molecule has 2 aromatic heterocycles. The molecule has 0 spiro atoms. The van der Waals surface area contributed by atoms with Crippen LogP contribution >= 0.6 is 0 Å². The van der Waals surface area contributed by atoms with E-state index in [9.17, 15) is 4.79 Å². The Morgan fingerprint density at radius 2 is 1.89 bits per heavy atom. The summed E-state index contributed by atoms with van der Waals surface area (Å²) in [6.45, 7) is 0. The Bertz CT molecular complexity index is 660. The molecule has 19 heavy (non-hydrogen) atoms. The van der Waals surface area contributed by atoms with E-state index in [0.717, 1.165) is 11.3 Å². The molecule has 4 heteroatoms. The Morgan fingerprint density at radius 3 is 2.63 bits per heavy atom. The van der Waals surface area contributed by atoms with Crippen LogP contribution in [-0.2, 0) is 0 Å². The van der Waals surface area contributed by atoms with Gasteiger partial charge in [-0.1, -0.05) is 19.3 Å². The van der Waals surface area contributed by atoms with Gasteiger partial charge in [0.15, 0.2) is 5.65 Å². The fraction of sp³-hybridized carbons (Fsp3) is 0.600. The maximum Gasteiger partial charge on any atom is 0.272 e. The van der Waals surface area contributed by atoms with E-state index in [-0.39, 0.29) is 5.56 Å². The number of nitrogens with zero attached hydrogens (tertiary/aromatic N) is 2. The number of aromatic nitrogens is 3. The first-order valence-electron chi connectivity index (χ1n) is 7.44. The number of fused-ring (bicyclic) bond motifs is 1. The smallest absolute Gasteiger partial charge is 0.272 e.